The van der Waals surface area contributed by atoms with Crippen molar-refractivity contribution < 1.29 is 5.11 Å². The van der Waals surface area contributed by atoms with E-state index in [0.29, 0.717) is 24.4 Å². The molecule has 0 aliphatic heterocycles. The van der Waals surface area contributed by atoms with Crippen molar-refractivity contribution >= 4 is 5.65 Å². The Morgan fingerprint density at radius 2 is 2.04 bits per heavy atom. The maximum atomic E-state index is 10.1. The molecule has 4 rings (SSSR count). The molecular weight excluding hydrogens is 300 g/mol. The summed E-state index contributed by atoms with van der Waals surface area (Å²) in [4.78, 5) is 4.54. The van der Waals surface area contributed by atoms with Crippen molar-refractivity contribution in [2.75, 3.05) is 0 Å². The predicted octanol–water partition coefficient (Wildman–Crippen LogP) is -0.306. The number of tetrazole rings is 2. The monoisotopic (exact) mass is 312 g/mol. The van der Waals surface area contributed by atoms with E-state index in [1.54, 1.807) is 0 Å². The Hall–Kier alpha value is -3.21. The summed E-state index contributed by atoms with van der Waals surface area (Å²) in [5.41, 5.74) is 2.40. The summed E-state index contributed by atoms with van der Waals surface area (Å²) < 4.78 is 1.89. The van der Waals surface area contributed by atoms with Crippen LogP contribution in [0.4, 0.5) is 0 Å². The minimum Gasteiger partial charge on any atom is -0.385 e. The molecule has 0 aliphatic rings. The maximum absolute atomic E-state index is 10.1. The van der Waals surface area contributed by atoms with E-state index >= 15 is 0 Å². The zero-order chi connectivity index (χ0) is 15.6. The molecule has 4 aromatic heterocycles. The molecule has 1 unspecified atom stereocenters. The van der Waals surface area contributed by atoms with Crippen molar-refractivity contribution in [3.8, 4) is 11.5 Å². The van der Waals surface area contributed by atoms with Crippen LogP contribution in [0.1, 0.15) is 23.9 Å². The lowest BCUT2D eigenvalue weighted by molar-refractivity contribution is 0.158. The van der Waals surface area contributed by atoms with Crippen LogP contribution >= 0.6 is 0 Å². The van der Waals surface area contributed by atoms with Gasteiger partial charge in [-0.2, -0.15) is 10.4 Å². The Bertz CT molecular complexity index is 897. The molecule has 0 amide bonds. The van der Waals surface area contributed by atoms with E-state index < -0.39 is 6.10 Å². The van der Waals surface area contributed by atoms with Crippen molar-refractivity contribution in [1.29, 1.82) is 0 Å². The van der Waals surface area contributed by atoms with Crippen LogP contribution in [0.3, 0.4) is 0 Å². The molecule has 0 aromatic carbocycles. The van der Waals surface area contributed by atoms with Crippen molar-refractivity contribution in [2.45, 2.75) is 18.9 Å². The van der Waals surface area contributed by atoms with Gasteiger partial charge in [0, 0.05) is 12.4 Å². The first kappa shape index (κ1) is 13.5. The number of hydrogen-bond acceptors (Lipinski definition) is 8. The number of aliphatic hydroxyl groups excluding tert-OH is 1. The van der Waals surface area contributed by atoms with Gasteiger partial charge in [-0.05, 0) is 29.7 Å². The lowest BCUT2D eigenvalue weighted by Gasteiger charge is -2.06. The van der Waals surface area contributed by atoms with Crippen LogP contribution in [-0.4, -0.2) is 55.7 Å². The largest absolute Gasteiger partial charge is 0.385 e. The summed E-state index contributed by atoms with van der Waals surface area (Å²) in [6, 6.07) is 3.88. The number of aliphatic hydroxyl groups is 1. The van der Waals surface area contributed by atoms with Crippen LogP contribution in [0.2, 0.25) is 0 Å². The van der Waals surface area contributed by atoms with Crippen LogP contribution in [0.15, 0.2) is 24.5 Å². The third-order valence-corrected chi connectivity index (χ3v) is 3.48. The van der Waals surface area contributed by atoms with Gasteiger partial charge < -0.3 is 9.51 Å². The summed E-state index contributed by atoms with van der Waals surface area (Å²) >= 11 is 0. The van der Waals surface area contributed by atoms with Crippen LogP contribution < -0.4 is 0 Å². The molecule has 11 nitrogen and oxygen atoms in total. The van der Waals surface area contributed by atoms with Crippen molar-refractivity contribution in [1.82, 2.24) is 50.6 Å². The van der Waals surface area contributed by atoms with Crippen molar-refractivity contribution in [3.05, 3.63) is 35.9 Å². The zero-order valence-electron chi connectivity index (χ0n) is 11.8. The number of H-pyrrole nitrogens is 2. The lowest BCUT2D eigenvalue weighted by Crippen LogP contribution is -2.03. The van der Waals surface area contributed by atoms with Gasteiger partial charge in [-0.25, -0.2) is 4.98 Å². The number of imidazole rings is 1. The highest BCUT2D eigenvalue weighted by molar-refractivity contribution is 5.58. The maximum Gasteiger partial charge on any atom is 0.224 e. The van der Waals surface area contributed by atoms with Crippen LogP contribution in [-0.2, 0) is 6.42 Å². The van der Waals surface area contributed by atoms with E-state index in [-0.39, 0.29) is 5.82 Å². The minimum absolute atomic E-state index is 0.285. The zero-order valence-corrected chi connectivity index (χ0v) is 11.8. The van der Waals surface area contributed by atoms with E-state index in [1.165, 1.54) is 0 Å². The highest BCUT2D eigenvalue weighted by Gasteiger charge is 2.15. The fourth-order valence-corrected chi connectivity index (χ4v) is 2.38. The Balaban J connectivity index is 1.60. The standard InChI is InChI=1S/C12H12N10O/c23-9(11-16-20-21-17-11)4-3-7-2-1-5-22-6-8(13-12(7)22)10-14-18-19-15-10/h1-2,5-6,9,23H,3-4H2,(H,14,15,18,19)(H,16,17,20,21). The van der Waals surface area contributed by atoms with E-state index in [1.807, 2.05) is 28.9 Å². The average molecular weight is 312 g/mol. The molecule has 0 saturated heterocycles. The number of aryl methyl sites for hydroxylation is 1. The fraction of sp³-hybridized carbons (Fsp3) is 0.250. The molecule has 3 N–H and O–H groups in total. The first-order chi connectivity index (χ1) is 11.3. The van der Waals surface area contributed by atoms with Gasteiger partial charge in [-0.3, -0.25) is 0 Å². The Kier molecular flexibility index (Phi) is 3.24. The van der Waals surface area contributed by atoms with E-state index in [0.717, 1.165) is 11.2 Å². The minimum atomic E-state index is -0.777. The number of nitrogens with one attached hydrogen (secondary N) is 2. The Morgan fingerprint density at radius 1 is 1.17 bits per heavy atom. The fourth-order valence-electron chi connectivity index (χ4n) is 2.38. The summed E-state index contributed by atoms with van der Waals surface area (Å²) in [5.74, 6) is 0.722. The van der Waals surface area contributed by atoms with E-state index in [4.69, 9.17) is 0 Å². The molecule has 0 saturated carbocycles. The van der Waals surface area contributed by atoms with Crippen molar-refractivity contribution in [3.63, 3.8) is 0 Å². The van der Waals surface area contributed by atoms with Gasteiger partial charge in [0.25, 0.3) is 0 Å². The second-order valence-electron chi connectivity index (χ2n) is 4.95. The second kappa shape index (κ2) is 5.53. The molecule has 1 atom stereocenters. The van der Waals surface area contributed by atoms with Crippen molar-refractivity contribution in [2.24, 2.45) is 0 Å². The molecule has 116 valence electrons. The normalized spacial score (nSPS) is 12.7. The number of fused-ring (bicyclic) bond motifs is 1. The second-order valence-corrected chi connectivity index (χ2v) is 4.95. The molecule has 0 fully saturated rings. The van der Waals surface area contributed by atoms with Gasteiger partial charge in [-0.15, -0.1) is 20.4 Å². The van der Waals surface area contributed by atoms with Gasteiger partial charge in [0.1, 0.15) is 17.4 Å². The number of aromatic nitrogens is 10. The predicted molar refractivity (Wildman–Crippen MR) is 75.8 cm³/mol. The smallest absolute Gasteiger partial charge is 0.224 e. The lowest BCUT2D eigenvalue weighted by atomic mass is 10.1. The molecule has 0 bridgehead atoms. The van der Waals surface area contributed by atoms with Crippen LogP contribution in [0.25, 0.3) is 17.2 Å². The first-order valence-corrected chi connectivity index (χ1v) is 6.93. The average Bonchev–Trinajstić information content (AvgIpc) is 3.33. The first-order valence-electron chi connectivity index (χ1n) is 6.93. The molecule has 11 heteroatoms. The summed E-state index contributed by atoms with van der Waals surface area (Å²) in [7, 11) is 0. The van der Waals surface area contributed by atoms with Crippen LogP contribution in [0.5, 0.6) is 0 Å². The van der Waals surface area contributed by atoms with Gasteiger partial charge in [0.2, 0.25) is 11.6 Å². The summed E-state index contributed by atoms with van der Waals surface area (Å²) in [6.45, 7) is 0. The molecule has 0 spiro atoms. The molecule has 23 heavy (non-hydrogen) atoms. The van der Waals surface area contributed by atoms with E-state index in [9.17, 15) is 5.11 Å². The molecular formula is C12H12N10O. The summed E-state index contributed by atoms with van der Waals surface area (Å²) in [6.07, 6.45) is 4.03. The van der Waals surface area contributed by atoms with Gasteiger partial charge in [-0.1, -0.05) is 11.3 Å². The number of nitrogens with zero attached hydrogens (tertiary/aromatic N) is 8. The highest BCUT2D eigenvalue weighted by atomic mass is 16.3. The number of hydrogen-bond donors (Lipinski definition) is 3. The quantitative estimate of drug-likeness (QED) is 0.455. The van der Waals surface area contributed by atoms with Gasteiger partial charge in [0.05, 0.1) is 0 Å². The van der Waals surface area contributed by atoms with Gasteiger partial charge >= 0.3 is 0 Å². The van der Waals surface area contributed by atoms with E-state index in [2.05, 4.69) is 46.2 Å². The number of aromatic amines is 2. The molecule has 0 radical (unpaired) electrons. The SMILES string of the molecule is OC(CCc1cccn2cc(-c3nn[nH]n3)nc12)c1nn[nH]n1. The number of pyridine rings is 1. The molecule has 4 aromatic rings. The summed E-state index contributed by atoms with van der Waals surface area (Å²) in [5, 5.41) is 37.2. The third-order valence-electron chi connectivity index (χ3n) is 3.48. The molecule has 4 heterocycles. The Morgan fingerprint density at radius 3 is 2.83 bits per heavy atom. The Labute approximate surface area is 128 Å². The topological polar surface area (TPSA) is 146 Å². The molecule has 0 aliphatic carbocycles. The highest BCUT2D eigenvalue weighted by Crippen LogP contribution is 2.20. The van der Waals surface area contributed by atoms with Crippen LogP contribution in [0, 0.1) is 0 Å². The van der Waals surface area contributed by atoms with Gasteiger partial charge in [0.15, 0.2) is 0 Å². The number of rotatable bonds is 5. The third kappa shape index (κ3) is 2.53.